The smallest absolute Gasteiger partial charge is 0.278 e. The van der Waals surface area contributed by atoms with Gasteiger partial charge in [-0.15, -0.1) is 0 Å². The van der Waals surface area contributed by atoms with E-state index in [2.05, 4.69) is 24.4 Å². The van der Waals surface area contributed by atoms with Gasteiger partial charge in [-0.3, -0.25) is 4.79 Å². The Morgan fingerprint density at radius 3 is 2.61 bits per heavy atom. The lowest BCUT2D eigenvalue weighted by molar-refractivity contribution is -0.644. The van der Waals surface area contributed by atoms with Crippen molar-refractivity contribution in [2.45, 2.75) is 33.2 Å². The lowest BCUT2D eigenvalue weighted by atomic mass is 10.1. The summed E-state index contributed by atoms with van der Waals surface area (Å²) in [5.74, 6) is 1.90. The molecule has 0 unspecified atom stereocenters. The van der Waals surface area contributed by atoms with E-state index >= 15 is 0 Å². The van der Waals surface area contributed by atoms with Gasteiger partial charge in [0.25, 0.3) is 5.91 Å². The van der Waals surface area contributed by atoms with Crippen LogP contribution in [-0.4, -0.2) is 30.4 Å². The first-order chi connectivity index (χ1) is 11.2. The molecule has 0 aliphatic rings. The molecule has 0 bridgehead atoms. The molecule has 0 saturated heterocycles. The summed E-state index contributed by atoms with van der Waals surface area (Å²) < 4.78 is 5.64. The van der Waals surface area contributed by atoms with Gasteiger partial charge in [0.15, 0.2) is 6.54 Å². The van der Waals surface area contributed by atoms with Gasteiger partial charge in [-0.05, 0) is 37.5 Å². The van der Waals surface area contributed by atoms with Gasteiger partial charge >= 0.3 is 0 Å². The van der Waals surface area contributed by atoms with Gasteiger partial charge in [-0.25, -0.2) is 0 Å². The van der Waals surface area contributed by atoms with Crippen molar-refractivity contribution in [2.75, 3.05) is 19.6 Å². The fraction of sp³-hybridized carbons (Fsp3) is 0.421. The highest BCUT2D eigenvalue weighted by Gasteiger charge is 2.17. The fourth-order valence-corrected chi connectivity index (χ4v) is 2.52. The molecule has 1 aromatic heterocycles. The molecular formula is C19H27N2O2+. The topological polar surface area (TPSA) is 50.1 Å². The van der Waals surface area contributed by atoms with Crippen LogP contribution in [0.3, 0.4) is 0 Å². The molecule has 0 radical (unpaired) electrons. The minimum absolute atomic E-state index is 0.170. The summed E-state index contributed by atoms with van der Waals surface area (Å²) in [7, 11) is 0. The Morgan fingerprint density at radius 1 is 1.17 bits per heavy atom. The molecule has 0 fully saturated rings. The number of nitrogens with zero attached hydrogens (tertiary/aromatic N) is 1. The lowest BCUT2D eigenvalue weighted by Crippen LogP contribution is -2.86. The second-order valence-corrected chi connectivity index (χ2v) is 5.84. The Kier molecular flexibility index (Phi) is 6.88. The lowest BCUT2D eigenvalue weighted by Gasteiger charge is -2.21. The number of quaternary nitrogens is 1. The van der Waals surface area contributed by atoms with Gasteiger partial charge in [0, 0.05) is 6.54 Å². The average molecular weight is 315 g/mol. The van der Waals surface area contributed by atoms with E-state index < -0.39 is 0 Å². The van der Waals surface area contributed by atoms with Gasteiger partial charge in [0.05, 0.1) is 13.1 Å². The molecule has 124 valence electrons. The molecule has 0 aliphatic heterocycles. The van der Waals surface area contributed by atoms with Crippen molar-refractivity contribution < 1.29 is 14.5 Å². The highest BCUT2D eigenvalue weighted by atomic mass is 16.3. The summed E-state index contributed by atoms with van der Waals surface area (Å²) in [6.07, 6.45) is 1.94. The van der Waals surface area contributed by atoms with Crippen molar-refractivity contribution in [1.82, 2.24) is 4.90 Å². The molecule has 1 heterocycles. The van der Waals surface area contributed by atoms with E-state index in [-0.39, 0.29) is 5.91 Å². The summed E-state index contributed by atoms with van der Waals surface area (Å²) in [5.41, 5.74) is 1.25. The van der Waals surface area contributed by atoms with Crippen molar-refractivity contribution >= 4 is 5.91 Å². The summed E-state index contributed by atoms with van der Waals surface area (Å²) in [5, 5.41) is 2.07. The van der Waals surface area contributed by atoms with Crippen LogP contribution in [0.5, 0.6) is 0 Å². The molecule has 0 atom stereocenters. The van der Waals surface area contributed by atoms with Crippen molar-refractivity contribution in [1.29, 1.82) is 0 Å². The number of amides is 1. The number of hydrogen-bond donors (Lipinski definition) is 1. The molecule has 0 aliphatic carbocycles. The van der Waals surface area contributed by atoms with Crippen LogP contribution in [0.2, 0.25) is 0 Å². The molecule has 0 saturated carbocycles. The fourth-order valence-electron chi connectivity index (χ4n) is 2.52. The van der Waals surface area contributed by atoms with Crippen molar-refractivity contribution in [3.05, 3.63) is 59.5 Å². The molecule has 4 heteroatoms. The number of furan rings is 1. The zero-order valence-electron chi connectivity index (χ0n) is 14.1. The van der Waals surface area contributed by atoms with Gasteiger partial charge < -0.3 is 14.6 Å². The highest BCUT2D eigenvalue weighted by molar-refractivity contribution is 5.76. The van der Waals surface area contributed by atoms with E-state index in [0.717, 1.165) is 30.9 Å². The summed E-state index contributed by atoms with van der Waals surface area (Å²) in [4.78, 5) is 14.4. The molecular weight excluding hydrogens is 288 g/mol. The normalized spacial score (nSPS) is 10.7. The van der Waals surface area contributed by atoms with Crippen LogP contribution in [0.1, 0.15) is 30.4 Å². The van der Waals surface area contributed by atoms with Crippen LogP contribution in [-0.2, 0) is 17.8 Å². The monoisotopic (exact) mass is 315 g/mol. The first kappa shape index (κ1) is 17.3. The Labute approximate surface area is 138 Å². The van der Waals surface area contributed by atoms with Crippen molar-refractivity contribution in [3.8, 4) is 0 Å². The largest absolute Gasteiger partial charge is 0.464 e. The van der Waals surface area contributed by atoms with Crippen LogP contribution < -0.4 is 5.32 Å². The number of carbonyl (C=O) groups excluding carboxylic acids is 1. The predicted molar refractivity (Wildman–Crippen MR) is 91.0 cm³/mol. The first-order valence-corrected chi connectivity index (χ1v) is 8.37. The van der Waals surface area contributed by atoms with Crippen LogP contribution >= 0.6 is 0 Å². The van der Waals surface area contributed by atoms with Crippen LogP contribution in [0.25, 0.3) is 0 Å². The maximum absolute atomic E-state index is 12.5. The summed E-state index contributed by atoms with van der Waals surface area (Å²) >= 11 is 0. The SMILES string of the molecule is CCC[NH2+]CC(=O)N(CCc1ccccc1)Cc1ccc(C)o1. The molecule has 4 nitrogen and oxygen atoms in total. The van der Waals surface area contributed by atoms with Crippen molar-refractivity contribution in [3.63, 3.8) is 0 Å². The maximum Gasteiger partial charge on any atom is 0.278 e. The molecule has 0 spiro atoms. The summed E-state index contributed by atoms with van der Waals surface area (Å²) in [6, 6.07) is 14.2. The van der Waals surface area contributed by atoms with E-state index in [9.17, 15) is 4.79 Å². The number of carbonyl (C=O) groups is 1. The third-order valence-corrected chi connectivity index (χ3v) is 3.82. The predicted octanol–water partition coefficient (Wildman–Crippen LogP) is 2.13. The van der Waals surface area contributed by atoms with E-state index in [4.69, 9.17) is 4.42 Å². The summed E-state index contributed by atoms with van der Waals surface area (Å²) in [6.45, 7) is 6.79. The van der Waals surface area contributed by atoms with Crippen molar-refractivity contribution in [2.24, 2.45) is 0 Å². The molecule has 2 rings (SSSR count). The Hall–Kier alpha value is -2.07. The third kappa shape index (κ3) is 5.91. The second-order valence-electron chi connectivity index (χ2n) is 5.84. The quantitative estimate of drug-likeness (QED) is 0.721. The standard InChI is InChI=1S/C19H26N2O2/c1-3-12-20-14-19(22)21(15-18-10-9-16(2)23-18)13-11-17-7-5-4-6-8-17/h4-10,20H,3,11-15H2,1-2H3/p+1. The number of hydrogen-bond acceptors (Lipinski definition) is 2. The molecule has 2 aromatic rings. The minimum atomic E-state index is 0.170. The van der Waals surface area contributed by atoms with E-state index in [0.29, 0.717) is 19.6 Å². The van der Waals surface area contributed by atoms with Gasteiger partial charge in [0.1, 0.15) is 11.5 Å². The first-order valence-electron chi connectivity index (χ1n) is 8.37. The third-order valence-electron chi connectivity index (χ3n) is 3.82. The Morgan fingerprint density at radius 2 is 1.96 bits per heavy atom. The molecule has 23 heavy (non-hydrogen) atoms. The van der Waals surface area contributed by atoms with Crippen LogP contribution in [0.4, 0.5) is 0 Å². The van der Waals surface area contributed by atoms with Gasteiger partial charge in [0.2, 0.25) is 0 Å². The molecule has 1 amide bonds. The van der Waals surface area contributed by atoms with Crippen LogP contribution in [0.15, 0.2) is 46.9 Å². The average Bonchev–Trinajstić information content (AvgIpc) is 2.97. The van der Waals surface area contributed by atoms with E-state index in [1.807, 2.05) is 42.2 Å². The minimum Gasteiger partial charge on any atom is -0.464 e. The van der Waals surface area contributed by atoms with E-state index in [1.165, 1.54) is 5.56 Å². The number of aryl methyl sites for hydroxylation is 1. The zero-order valence-corrected chi connectivity index (χ0v) is 14.1. The van der Waals surface area contributed by atoms with Gasteiger partial charge in [-0.2, -0.15) is 0 Å². The zero-order chi connectivity index (χ0) is 16.5. The maximum atomic E-state index is 12.5. The Balaban J connectivity index is 1.96. The highest BCUT2D eigenvalue weighted by Crippen LogP contribution is 2.11. The second kappa shape index (κ2) is 9.16. The van der Waals surface area contributed by atoms with Crippen LogP contribution in [0, 0.1) is 6.92 Å². The number of nitrogens with two attached hydrogens (primary N) is 1. The number of benzene rings is 1. The van der Waals surface area contributed by atoms with E-state index in [1.54, 1.807) is 0 Å². The van der Waals surface area contributed by atoms with Gasteiger partial charge in [-0.1, -0.05) is 37.3 Å². The molecule has 1 aromatic carbocycles. The number of rotatable bonds is 9. The molecule has 2 N–H and O–H groups in total. The Bertz CT molecular complexity index is 592.